The van der Waals surface area contributed by atoms with Crippen molar-refractivity contribution in [3.05, 3.63) is 0 Å². The quantitative estimate of drug-likeness (QED) is 0.532. The standard InChI is InChI=1S/C6H13OS/c1-6(2)5-7-3-4-8/h6H,3-5H2,1-2H3. The Morgan fingerprint density at radius 3 is 2.50 bits per heavy atom. The van der Waals surface area contributed by atoms with E-state index in [9.17, 15) is 0 Å². The zero-order chi connectivity index (χ0) is 6.41. The van der Waals surface area contributed by atoms with Crippen molar-refractivity contribution in [3.63, 3.8) is 0 Å². The zero-order valence-electron chi connectivity index (χ0n) is 5.52. The van der Waals surface area contributed by atoms with Crippen molar-refractivity contribution in [2.75, 3.05) is 19.0 Å². The van der Waals surface area contributed by atoms with Gasteiger partial charge in [-0.2, -0.15) is 0 Å². The molecule has 0 fully saturated rings. The van der Waals surface area contributed by atoms with E-state index in [1.807, 2.05) is 0 Å². The molecule has 1 radical (unpaired) electrons. The molecular formula is C6H13OS. The first-order valence-corrected chi connectivity index (χ1v) is 3.51. The fourth-order valence-electron chi connectivity index (χ4n) is 0.378. The Morgan fingerprint density at radius 1 is 1.50 bits per heavy atom. The van der Waals surface area contributed by atoms with Gasteiger partial charge in [-0.25, -0.2) is 0 Å². The van der Waals surface area contributed by atoms with Crippen molar-refractivity contribution in [2.24, 2.45) is 5.92 Å². The fraction of sp³-hybridized carbons (Fsp3) is 1.00. The Balaban J connectivity index is 2.72. The Labute approximate surface area is 56.8 Å². The highest BCUT2D eigenvalue weighted by Crippen LogP contribution is 1.91. The Hall–Kier alpha value is 0.310. The lowest BCUT2D eigenvalue weighted by Gasteiger charge is -2.02. The number of hydrogen-bond acceptors (Lipinski definition) is 1. The van der Waals surface area contributed by atoms with Crippen LogP contribution >= 0.6 is 12.6 Å². The van der Waals surface area contributed by atoms with E-state index in [1.54, 1.807) is 0 Å². The van der Waals surface area contributed by atoms with Crippen molar-refractivity contribution in [1.82, 2.24) is 0 Å². The van der Waals surface area contributed by atoms with Crippen LogP contribution in [0.5, 0.6) is 0 Å². The minimum absolute atomic E-state index is 0.636. The maximum atomic E-state index is 5.14. The molecule has 2 heteroatoms. The molecule has 49 valence electrons. The number of rotatable bonds is 4. The first kappa shape index (κ1) is 8.31. The van der Waals surface area contributed by atoms with E-state index in [2.05, 4.69) is 26.5 Å². The van der Waals surface area contributed by atoms with Crippen LogP contribution in [0.25, 0.3) is 0 Å². The molecule has 8 heavy (non-hydrogen) atoms. The highest BCUT2D eigenvalue weighted by Gasteiger charge is 1.90. The van der Waals surface area contributed by atoms with Gasteiger partial charge in [-0.15, -0.1) is 0 Å². The summed E-state index contributed by atoms with van der Waals surface area (Å²) in [7, 11) is 0. The average Bonchev–Trinajstić information content (AvgIpc) is 1.66. The van der Waals surface area contributed by atoms with Gasteiger partial charge >= 0.3 is 0 Å². The van der Waals surface area contributed by atoms with Crippen LogP contribution in [0.2, 0.25) is 0 Å². The van der Waals surface area contributed by atoms with E-state index in [0.29, 0.717) is 11.7 Å². The Kier molecular flexibility index (Phi) is 5.66. The molecule has 0 aliphatic rings. The van der Waals surface area contributed by atoms with E-state index in [4.69, 9.17) is 4.74 Å². The van der Waals surface area contributed by atoms with Crippen LogP contribution in [0.3, 0.4) is 0 Å². The molecule has 0 N–H and O–H groups in total. The molecule has 1 nitrogen and oxygen atoms in total. The van der Waals surface area contributed by atoms with Crippen molar-refractivity contribution in [3.8, 4) is 0 Å². The first-order valence-electron chi connectivity index (χ1n) is 2.93. The van der Waals surface area contributed by atoms with Gasteiger partial charge < -0.3 is 4.74 Å². The van der Waals surface area contributed by atoms with Gasteiger partial charge in [-0.1, -0.05) is 26.5 Å². The highest BCUT2D eigenvalue weighted by atomic mass is 32.1. The Morgan fingerprint density at radius 2 is 2.12 bits per heavy atom. The van der Waals surface area contributed by atoms with Gasteiger partial charge in [0.15, 0.2) is 0 Å². The van der Waals surface area contributed by atoms with Crippen LogP contribution in [-0.4, -0.2) is 19.0 Å². The third kappa shape index (κ3) is 6.31. The van der Waals surface area contributed by atoms with Crippen LogP contribution in [-0.2, 0) is 4.74 Å². The molecule has 0 spiro atoms. The maximum Gasteiger partial charge on any atom is 0.0565 e. The smallest absolute Gasteiger partial charge is 0.0565 e. The van der Waals surface area contributed by atoms with E-state index < -0.39 is 0 Å². The second-order valence-corrected chi connectivity index (χ2v) is 2.58. The van der Waals surface area contributed by atoms with Gasteiger partial charge in [0.25, 0.3) is 0 Å². The molecule has 0 aromatic heterocycles. The summed E-state index contributed by atoms with van der Waals surface area (Å²) in [5.74, 6) is 1.35. The van der Waals surface area contributed by atoms with Gasteiger partial charge in [-0.3, -0.25) is 0 Å². The second-order valence-electron chi connectivity index (χ2n) is 2.17. The Bertz CT molecular complexity index is 45.8. The molecule has 0 heterocycles. The van der Waals surface area contributed by atoms with Crippen LogP contribution in [0.1, 0.15) is 13.8 Å². The topological polar surface area (TPSA) is 9.23 Å². The normalized spacial score (nSPS) is 10.5. The van der Waals surface area contributed by atoms with Gasteiger partial charge in [0.1, 0.15) is 0 Å². The summed E-state index contributed by atoms with van der Waals surface area (Å²) in [6.45, 7) is 5.83. The lowest BCUT2D eigenvalue weighted by Crippen LogP contribution is -2.03. The summed E-state index contributed by atoms with van der Waals surface area (Å²) in [6.07, 6.45) is 0. The first-order chi connectivity index (χ1) is 3.77. The molecule has 0 atom stereocenters. The molecule has 0 saturated heterocycles. The highest BCUT2D eigenvalue weighted by molar-refractivity contribution is 7.80. The molecule has 0 saturated carbocycles. The van der Waals surface area contributed by atoms with E-state index in [0.717, 1.165) is 13.2 Å². The zero-order valence-corrected chi connectivity index (χ0v) is 6.33. The minimum atomic E-state index is 0.636. The number of hydrogen-bond donors (Lipinski definition) is 0. The lowest BCUT2D eigenvalue weighted by molar-refractivity contribution is 0.124. The van der Waals surface area contributed by atoms with Gasteiger partial charge in [0.2, 0.25) is 0 Å². The summed E-state index contributed by atoms with van der Waals surface area (Å²) in [5.41, 5.74) is 0. The van der Waals surface area contributed by atoms with Crippen molar-refractivity contribution in [2.45, 2.75) is 13.8 Å². The predicted octanol–water partition coefficient (Wildman–Crippen LogP) is 1.86. The molecule has 0 aliphatic heterocycles. The van der Waals surface area contributed by atoms with E-state index in [1.165, 1.54) is 0 Å². The van der Waals surface area contributed by atoms with E-state index in [-0.39, 0.29) is 0 Å². The van der Waals surface area contributed by atoms with Gasteiger partial charge in [-0.05, 0) is 5.92 Å². The van der Waals surface area contributed by atoms with E-state index >= 15 is 0 Å². The molecule has 0 aliphatic carbocycles. The van der Waals surface area contributed by atoms with Gasteiger partial charge in [0.05, 0.1) is 6.61 Å². The molecule has 0 unspecified atom stereocenters. The maximum absolute atomic E-state index is 5.14. The van der Waals surface area contributed by atoms with Crippen LogP contribution in [0.15, 0.2) is 0 Å². The molecule has 0 bridgehead atoms. The summed E-state index contributed by atoms with van der Waals surface area (Å²) in [6, 6.07) is 0. The molecular weight excluding hydrogens is 120 g/mol. The van der Waals surface area contributed by atoms with Crippen LogP contribution in [0, 0.1) is 5.92 Å². The monoisotopic (exact) mass is 133 g/mol. The lowest BCUT2D eigenvalue weighted by atomic mass is 10.2. The van der Waals surface area contributed by atoms with Crippen LogP contribution in [0.4, 0.5) is 0 Å². The molecule has 0 rings (SSSR count). The minimum Gasteiger partial charge on any atom is -0.380 e. The molecule has 0 aromatic rings. The third-order valence-electron chi connectivity index (χ3n) is 0.679. The molecule has 0 aromatic carbocycles. The molecule has 0 amide bonds. The van der Waals surface area contributed by atoms with Crippen molar-refractivity contribution >= 4 is 12.6 Å². The fourth-order valence-corrected chi connectivity index (χ4v) is 0.496. The summed E-state index contributed by atoms with van der Waals surface area (Å²) >= 11 is 4.68. The summed E-state index contributed by atoms with van der Waals surface area (Å²) < 4.78 is 5.14. The van der Waals surface area contributed by atoms with Crippen LogP contribution < -0.4 is 0 Å². The second kappa shape index (κ2) is 5.45. The van der Waals surface area contributed by atoms with Crippen molar-refractivity contribution in [1.29, 1.82) is 0 Å². The summed E-state index contributed by atoms with van der Waals surface area (Å²) in [4.78, 5) is 0. The predicted molar refractivity (Wildman–Crippen MR) is 38.1 cm³/mol. The number of ether oxygens (including phenoxy) is 1. The van der Waals surface area contributed by atoms with Gasteiger partial charge in [0, 0.05) is 12.4 Å². The summed E-state index contributed by atoms with van der Waals surface area (Å²) in [5, 5.41) is 0. The van der Waals surface area contributed by atoms with Crippen molar-refractivity contribution < 1.29 is 4.74 Å². The SMILES string of the molecule is CC(C)COCC[S]. The average molecular weight is 133 g/mol. The third-order valence-corrected chi connectivity index (χ3v) is 0.846. The largest absolute Gasteiger partial charge is 0.380 e.